The van der Waals surface area contributed by atoms with E-state index in [0.717, 1.165) is 4.31 Å². The Hall–Kier alpha value is -1.92. The second-order valence-electron chi connectivity index (χ2n) is 7.99. The fourth-order valence-electron chi connectivity index (χ4n) is 4.44. The van der Waals surface area contributed by atoms with Crippen LogP contribution in [0.4, 0.5) is 0 Å². The lowest BCUT2D eigenvalue weighted by Crippen LogP contribution is -2.59. The summed E-state index contributed by atoms with van der Waals surface area (Å²) in [6.45, 7) is 2.07. The summed E-state index contributed by atoms with van der Waals surface area (Å²) >= 11 is 0. The van der Waals surface area contributed by atoms with Crippen LogP contribution in [0.3, 0.4) is 0 Å². The summed E-state index contributed by atoms with van der Waals surface area (Å²) < 4.78 is 51.4. The van der Waals surface area contributed by atoms with Gasteiger partial charge in [-0.3, -0.25) is 4.79 Å². The van der Waals surface area contributed by atoms with Gasteiger partial charge in [0, 0.05) is 33.0 Å². The van der Waals surface area contributed by atoms with Crippen LogP contribution >= 0.6 is 0 Å². The van der Waals surface area contributed by atoms with E-state index < -0.39 is 28.1 Å². The number of ether oxygens (including phenoxy) is 4. The number of nitrogens with zero attached hydrogens (tertiary/aromatic N) is 2. The molecule has 3 aliphatic heterocycles. The van der Waals surface area contributed by atoms with Gasteiger partial charge in [0.25, 0.3) is 10.2 Å². The van der Waals surface area contributed by atoms with Crippen molar-refractivity contribution in [1.82, 2.24) is 13.9 Å². The van der Waals surface area contributed by atoms with E-state index in [2.05, 4.69) is 4.72 Å². The molecule has 1 aromatic carbocycles. The van der Waals surface area contributed by atoms with Crippen molar-refractivity contribution in [2.75, 3.05) is 47.6 Å². The van der Waals surface area contributed by atoms with E-state index in [1.54, 1.807) is 23.1 Å². The van der Waals surface area contributed by atoms with Crippen molar-refractivity contribution in [3.05, 3.63) is 23.8 Å². The molecule has 0 saturated carbocycles. The van der Waals surface area contributed by atoms with Crippen LogP contribution in [0.25, 0.3) is 0 Å². The van der Waals surface area contributed by atoms with E-state index in [1.807, 2.05) is 0 Å². The Bertz CT molecular complexity index is 923. The summed E-state index contributed by atoms with van der Waals surface area (Å²) in [7, 11) is 0.658. The van der Waals surface area contributed by atoms with Crippen molar-refractivity contribution in [1.29, 1.82) is 0 Å². The Morgan fingerprint density at radius 2 is 1.77 bits per heavy atom. The van der Waals surface area contributed by atoms with Crippen molar-refractivity contribution < 1.29 is 32.2 Å². The van der Waals surface area contributed by atoms with Gasteiger partial charge < -0.3 is 23.8 Å². The number of piperidine rings is 1. The van der Waals surface area contributed by atoms with E-state index in [-0.39, 0.29) is 5.91 Å². The minimum absolute atomic E-state index is 0.203. The van der Waals surface area contributed by atoms with Crippen LogP contribution < -0.4 is 14.2 Å². The van der Waals surface area contributed by atoms with Crippen LogP contribution in [-0.2, 0) is 24.5 Å². The van der Waals surface area contributed by atoms with E-state index in [9.17, 15) is 13.2 Å². The molecule has 10 nitrogen and oxygen atoms in total. The lowest BCUT2D eigenvalue weighted by atomic mass is 9.97. The highest BCUT2D eigenvalue weighted by molar-refractivity contribution is 7.87. The molecule has 2 atom stereocenters. The Morgan fingerprint density at radius 3 is 2.39 bits per heavy atom. The molecule has 172 valence electrons. The van der Waals surface area contributed by atoms with Gasteiger partial charge in [-0.25, -0.2) is 0 Å². The van der Waals surface area contributed by atoms with Gasteiger partial charge in [0.2, 0.25) is 5.91 Å². The first-order valence-corrected chi connectivity index (χ1v) is 11.8. The van der Waals surface area contributed by atoms with Gasteiger partial charge >= 0.3 is 0 Å². The number of hydrogen-bond donors (Lipinski definition) is 1. The number of methoxy groups -OCH3 is 2. The smallest absolute Gasteiger partial charge is 0.280 e. The number of likely N-dealkylation sites (tertiary alicyclic amines) is 1. The molecule has 3 saturated heterocycles. The maximum Gasteiger partial charge on any atom is 0.280 e. The molecule has 31 heavy (non-hydrogen) atoms. The molecule has 3 aliphatic rings. The molecule has 1 N–H and O–H groups in total. The fourth-order valence-corrected chi connectivity index (χ4v) is 5.71. The first kappa shape index (κ1) is 22.3. The molecular weight excluding hydrogens is 426 g/mol. The van der Waals surface area contributed by atoms with Crippen molar-refractivity contribution in [2.45, 2.75) is 37.1 Å². The summed E-state index contributed by atoms with van der Waals surface area (Å²) in [5.41, 5.74) is 0.706. The molecule has 3 heterocycles. The molecule has 0 aliphatic carbocycles. The monoisotopic (exact) mass is 455 g/mol. The molecule has 0 radical (unpaired) electrons. The number of amides is 1. The minimum Gasteiger partial charge on any atom is -0.493 e. The van der Waals surface area contributed by atoms with Crippen LogP contribution in [-0.4, -0.2) is 82.9 Å². The quantitative estimate of drug-likeness (QED) is 0.710. The summed E-state index contributed by atoms with van der Waals surface area (Å²) in [5, 5.41) is 0. The van der Waals surface area contributed by atoms with Crippen molar-refractivity contribution >= 4 is 16.1 Å². The van der Waals surface area contributed by atoms with Crippen molar-refractivity contribution in [3.8, 4) is 11.5 Å². The predicted molar refractivity (Wildman–Crippen MR) is 111 cm³/mol. The normalized spacial score (nSPS) is 27.9. The number of carbonyl (C=O) groups excluding carboxylic acids is 1. The zero-order valence-corrected chi connectivity index (χ0v) is 18.8. The van der Waals surface area contributed by atoms with E-state index in [1.165, 1.54) is 21.3 Å². The van der Waals surface area contributed by atoms with Gasteiger partial charge in [0.1, 0.15) is 6.04 Å². The molecule has 0 aromatic heterocycles. The van der Waals surface area contributed by atoms with Gasteiger partial charge in [0.15, 0.2) is 17.3 Å². The first-order valence-electron chi connectivity index (χ1n) is 10.3. The zero-order chi connectivity index (χ0) is 22.2. The highest BCUT2D eigenvalue weighted by atomic mass is 32.2. The Kier molecular flexibility index (Phi) is 6.14. The molecule has 3 fully saturated rings. The zero-order valence-electron chi connectivity index (χ0n) is 18.0. The van der Waals surface area contributed by atoms with Gasteiger partial charge in [0.05, 0.1) is 33.5 Å². The van der Waals surface area contributed by atoms with E-state index in [4.69, 9.17) is 18.9 Å². The van der Waals surface area contributed by atoms with Crippen LogP contribution in [0.5, 0.6) is 11.5 Å². The maximum atomic E-state index is 13.3. The fraction of sp³-hybridized carbons (Fsp3) is 0.650. The topological polar surface area (TPSA) is 107 Å². The first-order chi connectivity index (χ1) is 14.8. The van der Waals surface area contributed by atoms with E-state index >= 15 is 0 Å². The molecule has 1 spiro atoms. The number of carbonyl (C=O) groups is 1. The third kappa shape index (κ3) is 4.24. The summed E-state index contributed by atoms with van der Waals surface area (Å²) in [5.74, 6) is 0.253. The number of rotatable bonds is 4. The largest absolute Gasteiger partial charge is 0.493 e. The summed E-state index contributed by atoms with van der Waals surface area (Å²) in [6, 6.07) is 3.87. The van der Waals surface area contributed by atoms with Crippen LogP contribution in [0.15, 0.2) is 18.2 Å². The van der Waals surface area contributed by atoms with Gasteiger partial charge in [-0.2, -0.15) is 17.4 Å². The molecule has 1 amide bonds. The van der Waals surface area contributed by atoms with Crippen molar-refractivity contribution in [3.63, 3.8) is 0 Å². The predicted octanol–water partition coefficient (Wildman–Crippen LogP) is 0.649. The Morgan fingerprint density at radius 1 is 1.13 bits per heavy atom. The number of hydrogen-bond acceptors (Lipinski definition) is 7. The average molecular weight is 456 g/mol. The lowest BCUT2D eigenvalue weighted by molar-refractivity contribution is -0.188. The highest BCUT2D eigenvalue weighted by Crippen LogP contribution is 2.36. The molecule has 11 heteroatoms. The summed E-state index contributed by atoms with van der Waals surface area (Å²) in [6.07, 6.45) is 1.47. The molecule has 0 unspecified atom stereocenters. The Balaban J connectivity index is 1.53. The number of nitrogens with one attached hydrogen (secondary N) is 1. The number of benzene rings is 1. The molecular formula is C20H29N3O7S. The van der Waals surface area contributed by atoms with Crippen molar-refractivity contribution in [2.24, 2.45) is 0 Å². The van der Waals surface area contributed by atoms with Gasteiger partial charge in [-0.05, 0) is 24.1 Å². The lowest BCUT2D eigenvalue weighted by Gasteiger charge is -2.42. The van der Waals surface area contributed by atoms with Crippen LogP contribution in [0.2, 0.25) is 0 Å². The highest BCUT2D eigenvalue weighted by Gasteiger charge is 2.45. The maximum absolute atomic E-state index is 13.3. The van der Waals surface area contributed by atoms with Gasteiger partial charge in [-0.1, -0.05) is 6.07 Å². The minimum atomic E-state index is -3.83. The standard InChI is InChI=1S/C20H29N3O7S/c1-22-16(19(24)23-8-6-20(7-9-23)29-10-11-30-20)13-15(21-31(22,25)26)14-4-5-17(27-2)18(12-14)28-3/h4-5,12,15-16,21H,6-11,13H2,1-3H3/t15-,16+/m0/s1. The van der Waals surface area contributed by atoms with Crippen LogP contribution in [0, 0.1) is 0 Å². The molecule has 1 aromatic rings. The third-order valence-electron chi connectivity index (χ3n) is 6.31. The van der Waals surface area contributed by atoms with Gasteiger partial charge in [-0.15, -0.1) is 0 Å². The second kappa shape index (κ2) is 8.55. The van der Waals surface area contributed by atoms with Crippen LogP contribution in [0.1, 0.15) is 30.9 Å². The number of likely N-dealkylation sites (N-methyl/N-ethyl adjacent to an activating group) is 1. The van der Waals surface area contributed by atoms with E-state index in [0.29, 0.717) is 62.6 Å². The average Bonchev–Trinajstić information content (AvgIpc) is 3.22. The molecule has 0 bridgehead atoms. The third-order valence-corrected chi connectivity index (χ3v) is 7.91. The summed E-state index contributed by atoms with van der Waals surface area (Å²) in [4.78, 5) is 15.0. The second-order valence-corrected chi connectivity index (χ2v) is 9.75. The Labute approximate surface area is 182 Å². The SMILES string of the molecule is COc1ccc([C@@H]2C[C@H](C(=O)N3CCC4(CC3)OCCO4)N(C)S(=O)(=O)N2)cc1OC. The molecule has 4 rings (SSSR count).